The molecule has 1 aliphatic heterocycles. The van der Waals surface area contributed by atoms with Crippen LogP contribution in [0.4, 0.5) is 4.39 Å². The summed E-state index contributed by atoms with van der Waals surface area (Å²) in [6.45, 7) is 5.89. The number of halogens is 1. The Morgan fingerprint density at radius 1 is 1.37 bits per heavy atom. The lowest BCUT2D eigenvalue weighted by atomic mass is 10.1. The minimum absolute atomic E-state index is 0.285. The number of likely N-dealkylation sites (tertiary alicyclic amines) is 1. The topological polar surface area (TPSA) is 38.5 Å². The van der Waals surface area contributed by atoms with Crippen LogP contribution in [0.1, 0.15) is 37.8 Å². The first-order valence-electron chi connectivity index (χ1n) is 7.07. The zero-order chi connectivity index (χ0) is 13.7. The first kappa shape index (κ1) is 14.3. The third-order valence-corrected chi connectivity index (χ3v) is 3.55. The summed E-state index contributed by atoms with van der Waals surface area (Å²) < 4.78 is 19.3. The molecule has 1 aromatic carbocycles. The van der Waals surface area contributed by atoms with Crippen molar-refractivity contribution in [3.63, 3.8) is 0 Å². The van der Waals surface area contributed by atoms with Crippen molar-refractivity contribution in [2.24, 2.45) is 5.73 Å². The van der Waals surface area contributed by atoms with E-state index in [-0.39, 0.29) is 11.9 Å². The molecule has 1 heterocycles. The number of nitrogens with zero attached hydrogens (tertiary/aromatic N) is 1. The van der Waals surface area contributed by atoms with E-state index in [4.69, 9.17) is 10.5 Å². The molecule has 1 aliphatic rings. The molecule has 1 aromatic rings. The van der Waals surface area contributed by atoms with Gasteiger partial charge in [0.05, 0.1) is 6.61 Å². The van der Waals surface area contributed by atoms with Gasteiger partial charge in [-0.1, -0.05) is 6.07 Å². The molecule has 0 amide bonds. The zero-order valence-corrected chi connectivity index (χ0v) is 11.6. The molecule has 4 heteroatoms. The average Bonchev–Trinajstić information content (AvgIpc) is 2.87. The van der Waals surface area contributed by atoms with Gasteiger partial charge in [-0.05, 0) is 45.3 Å². The molecule has 19 heavy (non-hydrogen) atoms. The van der Waals surface area contributed by atoms with Crippen LogP contribution in [-0.4, -0.2) is 31.1 Å². The summed E-state index contributed by atoms with van der Waals surface area (Å²) in [6.07, 6.45) is 3.60. The second kappa shape index (κ2) is 6.87. The molecule has 0 spiro atoms. The molecule has 0 aliphatic carbocycles. The second-order valence-electron chi connectivity index (χ2n) is 5.22. The maximum Gasteiger partial charge on any atom is 0.131 e. The molecule has 1 fully saturated rings. The summed E-state index contributed by atoms with van der Waals surface area (Å²) in [6, 6.07) is 4.63. The maximum atomic E-state index is 13.7. The van der Waals surface area contributed by atoms with Crippen LogP contribution in [0.5, 0.6) is 5.75 Å². The van der Waals surface area contributed by atoms with Crippen molar-refractivity contribution in [2.75, 3.05) is 26.2 Å². The lowest BCUT2D eigenvalue weighted by molar-refractivity contribution is 0.262. The predicted octanol–water partition coefficient (Wildman–Crippen LogP) is 2.71. The maximum absolute atomic E-state index is 13.7. The summed E-state index contributed by atoms with van der Waals surface area (Å²) in [4.78, 5) is 2.45. The van der Waals surface area contributed by atoms with E-state index in [1.807, 2.05) is 0 Å². The van der Waals surface area contributed by atoms with Crippen molar-refractivity contribution in [1.82, 2.24) is 4.90 Å². The van der Waals surface area contributed by atoms with Crippen LogP contribution >= 0.6 is 0 Å². The van der Waals surface area contributed by atoms with Gasteiger partial charge in [-0.25, -0.2) is 4.39 Å². The molecule has 0 unspecified atom stereocenters. The van der Waals surface area contributed by atoms with Crippen molar-refractivity contribution in [3.8, 4) is 5.75 Å². The molecule has 0 bridgehead atoms. The highest BCUT2D eigenvalue weighted by atomic mass is 19.1. The molecule has 2 rings (SSSR count). The molecule has 2 N–H and O–H groups in total. The Balaban J connectivity index is 1.74. The van der Waals surface area contributed by atoms with Gasteiger partial charge in [0.25, 0.3) is 0 Å². The standard InChI is InChI=1S/C15H23FN2O/c1-12(17)14-6-5-13(11-15(14)16)19-10-4-9-18-7-2-3-8-18/h5-6,11-12H,2-4,7-10,17H2,1H3/t12-/m0/s1. The van der Waals surface area contributed by atoms with Crippen LogP contribution in [0.2, 0.25) is 0 Å². The molecule has 0 radical (unpaired) electrons. The fourth-order valence-corrected chi connectivity index (χ4v) is 2.45. The Morgan fingerprint density at radius 2 is 2.11 bits per heavy atom. The minimum Gasteiger partial charge on any atom is -0.493 e. The van der Waals surface area contributed by atoms with Crippen LogP contribution in [-0.2, 0) is 0 Å². The van der Waals surface area contributed by atoms with E-state index >= 15 is 0 Å². The van der Waals surface area contributed by atoms with Crippen molar-refractivity contribution in [2.45, 2.75) is 32.2 Å². The zero-order valence-electron chi connectivity index (χ0n) is 11.6. The van der Waals surface area contributed by atoms with Crippen LogP contribution in [0, 0.1) is 5.82 Å². The highest BCUT2D eigenvalue weighted by Gasteiger charge is 2.11. The lowest BCUT2D eigenvalue weighted by Gasteiger charge is -2.15. The van der Waals surface area contributed by atoms with Gasteiger partial charge in [-0.2, -0.15) is 0 Å². The molecular formula is C15H23FN2O. The number of nitrogens with two attached hydrogens (primary N) is 1. The Bertz CT molecular complexity index is 403. The molecule has 0 saturated carbocycles. The first-order chi connectivity index (χ1) is 9.16. The van der Waals surface area contributed by atoms with Crippen LogP contribution in [0.25, 0.3) is 0 Å². The molecule has 106 valence electrons. The predicted molar refractivity (Wildman–Crippen MR) is 74.8 cm³/mol. The van der Waals surface area contributed by atoms with Gasteiger partial charge in [0.2, 0.25) is 0 Å². The quantitative estimate of drug-likeness (QED) is 0.805. The summed E-state index contributed by atoms with van der Waals surface area (Å²) >= 11 is 0. The number of hydrogen-bond donors (Lipinski definition) is 1. The molecular weight excluding hydrogens is 243 g/mol. The SMILES string of the molecule is C[C@H](N)c1ccc(OCCCN2CCCC2)cc1F. The van der Waals surface area contributed by atoms with E-state index in [9.17, 15) is 4.39 Å². The van der Waals surface area contributed by atoms with Gasteiger partial charge in [0, 0.05) is 24.2 Å². The fourth-order valence-electron chi connectivity index (χ4n) is 2.45. The van der Waals surface area contributed by atoms with E-state index in [1.54, 1.807) is 19.1 Å². The van der Waals surface area contributed by atoms with E-state index < -0.39 is 0 Å². The third kappa shape index (κ3) is 4.18. The van der Waals surface area contributed by atoms with E-state index in [0.717, 1.165) is 13.0 Å². The van der Waals surface area contributed by atoms with Crippen molar-refractivity contribution in [3.05, 3.63) is 29.6 Å². The van der Waals surface area contributed by atoms with Gasteiger partial charge in [0.1, 0.15) is 11.6 Å². The highest BCUT2D eigenvalue weighted by molar-refractivity contribution is 5.30. The number of hydrogen-bond acceptors (Lipinski definition) is 3. The van der Waals surface area contributed by atoms with Crippen LogP contribution in [0.3, 0.4) is 0 Å². The van der Waals surface area contributed by atoms with Gasteiger partial charge in [-0.15, -0.1) is 0 Å². The Labute approximate surface area is 114 Å². The van der Waals surface area contributed by atoms with Gasteiger partial charge in [0.15, 0.2) is 0 Å². The highest BCUT2D eigenvalue weighted by Crippen LogP contribution is 2.20. The van der Waals surface area contributed by atoms with Crippen LogP contribution in [0.15, 0.2) is 18.2 Å². The molecule has 1 atom stereocenters. The normalized spacial score (nSPS) is 17.6. The summed E-state index contributed by atoms with van der Waals surface area (Å²) in [5, 5.41) is 0. The summed E-state index contributed by atoms with van der Waals surface area (Å²) in [5.74, 6) is 0.301. The van der Waals surface area contributed by atoms with Crippen LogP contribution < -0.4 is 10.5 Å². The van der Waals surface area contributed by atoms with E-state index in [2.05, 4.69) is 4.90 Å². The fraction of sp³-hybridized carbons (Fsp3) is 0.600. The molecule has 3 nitrogen and oxygen atoms in total. The monoisotopic (exact) mass is 266 g/mol. The summed E-state index contributed by atoms with van der Waals surface area (Å²) in [7, 11) is 0. The van der Waals surface area contributed by atoms with E-state index in [0.29, 0.717) is 17.9 Å². The van der Waals surface area contributed by atoms with Gasteiger partial charge >= 0.3 is 0 Å². The molecule has 1 saturated heterocycles. The third-order valence-electron chi connectivity index (χ3n) is 3.55. The van der Waals surface area contributed by atoms with Gasteiger partial charge in [-0.3, -0.25) is 0 Å². The smallest absolute Gasteiger partial charge is 0.131 e. The minimum atomic E-state index is -0.288. The second-order valence-corrected chi connectivity index (χ2v) is 5.22. The van der Waals surface area contributed by atoms with Gasteiger partial charge < -0.3 is 15.4 Å². The Morgan fingerprint density at radius 3 is 2.74 bits per heavy atom. The van der Waals surface area contributed by atoms with Crippen molar-refractivity contribution >= 4 is 0 Å². The van der Waals surface area contributed by atoms with Crippen molar-refractivity contribution in [1.29, 1.82) is 0 Å². The number of benzene rings is 1. The van der Waals surface area contributed by atoms with Crippen molar-refractivity contribution < 1.29 is 9.13 Å². The lowest BCUT2D eigenvalue weighted by Crippen LogP contribution is -2.21. The molecule has 0 aromatic heterocycles. The van der Waals surface area contributed by atoms with E-state index in [1.165, 1.54) is 32.0 Å². The number of ether oxygens (including phenoxy) is 1. The Hall–Kier alpha value is -1.13. The number of rotatable bonds is 6. The first-order valence-corrected chi connectivity index (χ1v) is 7.07. The average molecular weight is 266 g/mol. The Kier molecular flexibility index (Phi) is 5.16. The largest absolute Gasteiger partial charge is 0.493 e. The summed E-state index contributed by atoms with van der Waals surface area (Å²) in [5.41, 5.74) is 6.20.